The Kier molecular flexibility index (Phi) is 15.1. The van der Waals surface area contributed by atoms with E-state index in [4.69, 9.17) is 9.47 Å². The van der Waals surface area contributed by atoms with E-state index in [1.807, 2.05) is 58.0 Å². The van der Waals surface area contributed by atoms with Gasteiger partial charge in [-0.3, -0.25) is 28.9 Å². The summed E-state index contributed by atoms with van der Waals surface area (Å²) in [6.45, 7) is 14.3. The number of nitrogens with zero attached hydrogens (tertiary/aromatic N) is 2. The lowest BCUT2D eigenvalue weighted by Gasteiger charge is -2.30. The molecule has 13 heteroatoms. The van der Waals surface area contributed by atoms with Gasteiger partial charge in [-0.05, 0) is 76.7 Å². The van der Waals surface area contributed by atoms with Crippen LogP contribution in [0.1, 0.15) is 99.0 Å². The normalized spacial score (nSPS) is 18.0. The molecule has 50 heavy (non-hydrogen) atoms. The lowest BCUT2D eigenvalue weighted by molar-refractivity contribution is -0.155. The van der Waals surface area contributed by atoms with Gasteiger partial charge < -0.3 is 30.3 Å². The highest BCUT2D eigenvalue weighted by atomic mass is 16.6. The quantitative estimate of drug-likeness (QED) is 0.234. The van der Waals surface area contributed by atoms with Crippen LogP contribution in [0.15, 0.2) is 30.3 Å². The Bertz CT molecular complexity index is 1320. The van der Waals surface area contributed by atoms with E-state index in [2.05, 4.69) is 16.0 Å². The number of likely N-dealkylation sites (tertiary alicyclic amines) is 2. The van der Waals surface area contributed by atoms with Crippen LogP contribution in [0.2, 0.25) is 0 Å². The minimum atomic E-state index is -1.19. The third kappa shape index (κ3) is 12.6. The van der Waals surface area contributed by atoms with Crippen LogP contribution in [0.25, 0.3) is 0 Å². The van der Waals surface area contributed by atoms with Crippen LogP contribution in [0.5, 0.6) is 0 Å². The SMILES string of the molecule is CC(C)C[C@H](NC(=O)[C@@H]1CCCN1C(=O)OCc1ccccc1)C(=O)N[C@@H](CCC(=O)OC(C)(C)C)C(=O)N[C@H](C(=O)N1CCCC1)C(C)C. The number of rotatable bonds is 15. The molecule has 13 nitrogen and oxygen atoms in total. The molecule has 3 N–H and O–H groups in total. The van der Waals surface area contributed by atoms with Gasteiger partial charge in [-0.25, -0.2) is 4.79 Å². The highest BCUT2D eigenvalue weighted by Gasteiger charge is 2.38. The Balaban J connectivity index is 1.74. The summed E-state index contributed by atoms with van der Waals surface area (Å²) in [4.78, 5) is 83.3. The standard InChI is InChI=1S/C37H57N5O8/c1-24(2)22-28(39-34(46)29-16-13-21-42(29)36(48)49-23-26-14-9-8-10-15-26)33(45)38-27(17-18-30(43)50-37(5,6)7)32(44)40-31(25(3)4)35(47)41-19-11-12-20-41/h8-10,14-15,24-25,27-29,31H,11-13,16-23H2,1-7H3,(H,38,45)(H,39,46)(H,40,44)/t27-,28-,29-,31-/m0/s1. The van der Waals surface area contributed by atoms with E-state index in [-0.39, 0.29) is 43.6 Å². The zero-order valence-corrected chi connectivity index (χ0v) is 30.8. The molecule has 0 aromatic heterocycles. The number of amides is 5. The summed E-state index contributed by atoms with van der Waals surface area (Å²) in [6, 6.07) is 5.37. The molecule has 2 heterocycles. The van der Waals surface area contributed by atoms with Gasteiger partial charge in [-0.1, -0.05) is 58.0 Å². The molecule has 5 amide bonds. The van der Waals surface area contributed by atoms with Crippen LogP contribution in [0.3, 0.4) is 0 Å². The Hall–Kier alpha value is -4.16. The zero-order valence-electron chi connectivity index (χ0n) is 30.8. The second-order valence-electron chi connectivity index (χ2n) is 15.0. The first kappa shape index (κ1) is 40.3. The van der Waals surface area contributed by atoms with Crippen LogP contribution in [-0.4, -0.2) is 94.9 Å². The van der Waals surface area contributed by atoms with E-state index in [1.54, 1.807) is 25.7 Å². The Labute approximate surface area is 296 Å². The van der Waals surface area contributed by atoms with E-state index in [1.165, 1.54) is 4.90 Å². The number of benzene rings is 1. The molecule has 0 unspecified atom stereocenters. The first-order valence-corrected chi connectivity index (χ1v) is 17.9. The number of nitrogens with one attached hydrogen (secondary N) is 3. The van der Waals surface area contributed by atoms with Crippen molar-refractivity contribution in [1.29, 1.82) is 0 Å². The molecule has 2 aliphatic heterocycles. The smallest absolute Gasteiger partial charge is 0.410 e. The molecular formula is C37H57N5O8. The van der Waals surface area contributed by atoms with Gasteiger partial charge in [0.1, 0.15) is 36.4 Å². The molecule has 2 fully saturated rings. The second kappa shape index (κ2) is 18.7. The maximum atomic E-state index is 13.9. The van der Waals surface area contributed by atoms with Crippen molar-refractivity contribution in [3.63, 3.8) is 0 Å². The van der Waals surface area contributed by atoms with Crippen molar-refractivity contribution >= 4 is 35.7 Å². The molecule has 0 saturated carbocycles. The first-order chi connectivity index (χ1) is 23.6. The fraction of sp³-hybridized carbons (Fsp3) is 0.676. The highest BCUT2D eigenvalue weighted by Crippen LogP contribution is 2.20. The summed E-state index contributed by atoms with van der Waals surface area (Å²) < 4.78 is 10.9. The molecular weight excluding hydrogens is 642 g/mol. The number of esters is 1. The highest BCUT2D eigenvalue weighted by molar-refractivity contribution is 5.95. The lowest BCUT2D eigenvalue weighted by Crippen LogP contribution is -2.59. The summed E-state index contributed by atoms with van der Waals surface area (Å²) in [5.41, 5.74) is 0.0812. The molecule has 4 atom stereocenters. The minimum Gasteiger partial charge on any atom is -0.460 e. The van der Waals surface area contributed by atoms with E-state index in [9.17, 15) is 28.8 Å². The van der Waals surface area contributed by atoms with Gasteiger partial charge in [0, 0.05) is 26.1 Å². The molecule has 0 radical (unpaired) electrons. The van der Waals surface area contributed by atoms with Crippen molar-refractivity contribution < 1.29 is 38.2 Å². The number of carbonyl (C=O) groups is 6. The average Bonchev–Trinajstić information content (AvgIpc) is 3.76. The predicted octanol–water partition coefficient (Wildman–Crippen LogP) is 3.69. The van der Waals surface area contributed by atoms with Crippen LogP contribution in [0.4, 0.5) is 4.79 Å². The summed E-state index contributed by atoms with van der Waals surface area (Å²) in [6.07, 6.45) is 2.20. The molecule has 0 bridgehead atoms. The van der Waals surface area contributed by atoms with Crippen molar-refractivity contribution in [2.24, 2.45) is 11.8 Å². The number of hydrogen-bond acceptors (Lipinski definition) is 8. The van der Waals surface area contributed by atoms with Gasteiger partial charge in [0.15, 0.2) is 0 Å². The maximum Gasteiger partial charge on any atom is 0.410 e. The van der Waals surface area contributed by atoms with Gasteiger partial charge in [0.25, 0.3) is 0 Å². The third-order valence-electron chi connectivity index (χ3n) is 8.67. The monoisotopic (exact) mass is 699 g/mol. The summed E-state index contributed by atoms with van der Waals surface area (Å²) in [7, 11) is 0. The van der Waals surface area contributed by atoms with Gasteiger partial charge in [-0.2, -0.15) is 0 Å². The van der Waals surface area contributed by atoms with Crippen molar-refractivity contribution in [2.75, 3.05) is 19.6 Å². The number of carbonyl (C=O) groups excluding carboxylic acids is 6. The molecule has 0 spiro atoms. The average molecular weight is 700 g/mol. The van der Waals surface area contributed by atoms with Crippen LogP contribution < -0.4 is 16.0 Å². The Morgan fingerprint density at radius 3 is 2.08 bits per heavy atom. The van der Waals surface area contributed by atoms with Crippen LogP contribution in [0, 0.1) is 11.8 Å². The van der Waals surface area contributed by atoms with Crippen LogP contribution >= 0.6 is 0 Å². The third-order valence-corrected chi connectivity index (χ3v) is 8.67. The largest absolute Gasteiger partial charge is 0.460 e. The molecule has 1 aromatic rings. The van der Waals surface area contributed by atoms with Crippen LogP contribution in [-0.2, 0) is 40.1 Å². The van der Waals surface area contributed by atoms with Crippen molar-refractivity contribution in [2.45, 2.75) is 130 Å². The Morgan fingerprint density at radius 2 is 1.48 bits per heavy atom. The second-order valence-corrected chi connectivity index (χ2v) is 15.0. The molecule has 2 saturated heterocycles. The summed E-state index contributed by atoms with van der Waals surface area (Å²) in [5, 5.41) is 8.41. The van der Waals surface area contributed by atoms with Crippen molar-refractivity contribution in [3.8, 4) is 0 Å². The minimum absolute atomic E-state index is 0.0148. The summed E-state index contributed by atoms with van der Waals surface area (Å²) in [5.74, 6) is -2.67. The molecule has 0 aliphatic carbocycles. The van der Waals surface area contributed by atoms with E-state index >= 15 is 0 Å². The number of hydrogen-bond donors (Lipinski definition) is 3. The first-order valence-electron chi connectivity index (χ1n) is 17.9. The molecule has 3 rings (SSSR count). The topological polar surface area (TPSA) is 163 Å². The maximum absolute atomic E-state index is 13.9. The zero-order chi connectivity index (χ0) is 37.0. The predicted molar refractivity (Wildman–Crippen MR) is 187 cm³/mol. The molecule has 2 aliphatic rings. The van der Waals surface area contributed by atoms with E-state index in [0.717, 1.165) is 18.4 Å². The fourth-order valence-corrected chi connectivity index (χ4v) is 6.13. The van der Waals surface area contributed by atoms with Gasteiger partial charge in [-0.15, -0.1) is 0 Å². The molecule has 1 aromatic carbocycles. The van der Waals surface area contributed by atoms with Crippen molar-refractivity contribution in [3.05, 3.63) is 35.9 Å². The van der Waals surface area contributed by atoms with Gasteiger partial charge in [0.2, 0.25) is 23.6 Å². The van der Waals surface area contributed by atoms with E-state index < -0.39 is 59.6 Å². The molecule has 278 valence electrons. The Morgan fingerprint density at radius 1 is 0.840 bits per heavy atom. The summed E-state index contributed by atoms with van der Waals surface area (Å²) >= 11 is 0. The number of ether oxygens (including phenoxy) is 2. The van der Waals surface area contributed by atoms with Gasteiger partial charge in [0.05, 0.1) is 0 Å². The van der Waals surface area contributed by atoms with E-state index in [0.29, 0.717) is 32.5 Å². The van der Waals surface area contributed by atoms with Gasteiger partial charge >= 0.3 is 12.1 Å². The lowest BCUT2D eigenvalue weighted by atomic mass is 10.00. The fourth-order valence-electron chi connectivity index (χ4n) is 6.13. The van der Waals surface area contributed by atoms with Crippen molar-refractivity contribution in [1.82, 2.24) is 25.8 Å².